The first kappa shape index (κ1) is 26.3. The Hall–Kier alpha value is -2.31. The maximum Gasteiger partial charge on any atom is 0.188 e. The average molecular weight is 517 g/mol. The van der Waals surface area contributed by atoms with E-state index in [-0.39, 0.29) is 22.8 Å². The first-order valence-electron chi connectivity index (χ1n) is 11.1. The lowest BCUT2D eigenvalue weighted by Gasteiger charge is -2.39. The van der Waals surface area contributed by atoms with E-state index in [0.29, 0.717) is 15.6 Å². The van der Waals surface area contributed by atoms with E-state index < -0.39 is 8.32 Å². The van der Waals surface area contributed by atoms with E-state index in [1.807, 2.05) is 26.1 Å². The number of hydrogen-bond donors (Lipinski definition) is 2. The number of hydrogen-bond acceptors (Lipinski definition) is 6. The van der Waals surface area contributed by atoms with Gasteiger partial charge in [-0.1, -0.05) is 43.7 Å². The van der Waals surface area contributed by atoms with Crippen molar-refractivity contribution in [3.8, 4) is 16.6 Å². The summed E-state index contributed by atoms with van der Waals surface area (Å²) in [5, 5.41) is 23.4. The molecule has 1 heterocycles. The molecule has 1 aromatic heterocycles. The molecule has 0 aliphatic carbocycles. The minimum Gasteiger partial charge on any atom is -0.432 e. The number of nitrogens with one attached hydrogen (secondary N) is 1. The summed E-state index contributed by atoms with van der Waals surface area (Å²) in [4.78, 5) is 10.9. The van der Waals surface area contributed by atoms with Crippen LogP contribution in [0.5, 0.6) is 0 Å². The van der Waals surface area contributed by atoms with Gasteiger partial charge < -0.3 is 10.1 Å². The maximum absolute atomic E-state index is 13.4. The molecule has 0 fully saturated rings. The third kappa shape index (κ3) is 5.66. The summed E-state index contributed by atoms with van der Waals surface area (Å²) in [6.07, 6.45) is 0.773. The lowest BCUT2D eigenvalue weighted by atomic mass is 9.91. The molecule has 0 spiro atoms. The molecule has 9 heteroatoms. The van der Waals surface area contributed by atoms with E-state index in [9.17, 15) is 14.4 Å². The van der Waals surface area contributed by atoms with Crippen LogP contribution in [0.4, 0.5) is 10.1 Å². The zero-order valence-electron chi connectivity index (χ0n) is 20.3. The van der Waals surface area contributed by atoms with Crippen LogP contribution in [0.2, 0.25) is 23.2 Å². The highest BCUT2D eigenvalue weighted by Gasteiger charge is 2.41. The van der Waals surface area contributed by atoms with Crippen LogP contribution in [0, 0.1) is 30.0 Å². The van der Waals surface area contributed by atoms with E-state index in [1.165, 1.54) is 23.5 Å². The molecule has 0 aliphatic heterocycles. The highest BCUT2D eigenvalue weighted by Crippen LogP contribution is 2.46. The van der Waals surface area contributed by atoms with Crippen LogP contribution in [0.3, 0.4) is 0 Å². The largest absolute Gasteiger partial charge is 0.432 e. The molecule has 0 saturated heterocycles. The van der Waals surface area contributed by atoms with Gasteiger partial charge in [0.1, 0.15) is 21.9 Å². The van der Waals surface area contributed by atoms with E-state index in [2.05, 4.69) is 42.4 Å². The Morgan fingerprint density at radius 1 is 1.21 bits per heavy atom. The molecular formula is C25H30ClFN4OSSi. The summed E-state index contributed by atoms with van der Waals surface area (Å²) >= 11 is 7.88. The topological polar surface area (TPSA) is 81.8 Å². The predicted molar refractivity (Wildman–Crippen MR) is 140 cm³/mol. The SMILES string of the molecule is Cc1c(N[C@@H](c2nnc(-c3ccc(F)cc3)s2)[C@H](C)CC(C)(C)[Si](C)(C)O)ccc(C#N)c1Cl. The fourth-order valence-electron chi connectivity index (χ4n) is 3.78. The molecule has 3 aromatic rings. The van der Waals surface area contributed by atoms with Gasteiger partial charge in [0.05, 0.1) is 16.6 Å². The minimum absolute atomic E-state index is 0.0942. The lowest BCUT2D eigenvalue weighted by Crippen LogP contribution is -2.40. The molecule has 0 amide bonds. The van der Waals surface area contributed by atoms with Crippen molar-refractivity contribution in [3.63, 3.8) is 0 Å². The van der Waals surface area contributed by atoms with Gasteiger partial charge >= 0.3 is 0 Å². The van der Waals surface area contributed by atoms with Crippen LogP contribution in [0.1, 0.15) is 49.4 Å². The predicted octanol–water partition coefficient (Wildman–Crippen LogP) is 7.33. The maximum atomic E-state index is 13.4. The second-order valence-corrected chi connectivity index (χ2v) is 15.8. The zero-order chi connectivity index (χ0) is 25.3. The smallest absolute Gasteiger partial charge is 0.188 e. The number of anilines is 1. The van der Waals surface area contributed by atoms with Gasteiger partial charge in [-0.15, -0.1) is 10.2 Å². The molecule has 2 atom stereocenters. The number of nitrogens with zero attached hydrogens (tertiary/aromatic N) is 3. The summed E-state index contributed by atoms with van der Waals surface area (Å²) in [6, 6.07) is 11.7. The summed E-state index contributed by atoms with van der Waals surface area (Å²) in [5.41, 5.74) is 2.84. The van der Waals surface area contributed by atoms with Crippen molar-refractivity contribution in [1.29, 1.82) is 5.26 Å². The Labute approximate surface area is 210 Å². The first-order valence-corrected chi connectivity index (χ1v) is 15.3. The number of nitriles is 1. The second-order valence-electron chi connectivity index (χ2n) is 9.91. The highest BCUT2D eigenvalue weighted by atomic mass is 35.5. The average Bonchev–Trinajstić information content (AvgIpc) is 3.24. The van der Waals surface area contributed by atoms with Gasteiger partial charge in [0, 0.05) is 11.3 Å². The van der Waals surface area contributed by atoms with Crippen LogP contribution in [0.15, 0.2) is 36.4 Å². The van der Waals surface area contributed by atoms with Crippen molar-refractivity contribution in [2.75, 3.05) is 5.32 Å². The number of benzene rings is 2. The Morgan fingerprint density at radius 2 is 1.85 bits per heavy atom. The van der Waals surface area contributed by atoms with E-state index in [4.69, 9.17) is 11.6 Å². The standard InChI is InChI=1S/C25H30ClFN4OSSi/c1-15(13-25(3,4)34(5,6)32)22(29-20-12-9-18(14-28)21(26)16(20)2)24-31-30-23(33-24)17-7-10-19(27)11-8-17/h7-12,15,22,29,32H,13H2,1-6H3/t15-,22-/m1/s1. The van der Waals surface area contributed by atoms with Crippen LogP contribution in [0.25, 0.3) is 10.6 Å². The van der Waals surface area contributed by atoms with E-state index in [0.717, 1.165) is 28.2 Å². The quantitative estimate of drug-likeness (QED) is 0.306. The molecule has 0 bridgehead atoms. The summed E-state index contributed by atoms with van der Waals surface area (Å²) in [7, 11) is -2.42. The molecule has 34 heavy (non-hydrogen) atoms. The zero-order valence-corrected chi connectivity index (χ0v) is 22.9. The van der Waals surface area contributed by atoms with E-state index >= 15 is 0 Å². The third-order valence-corrected chi connectivity index (χ3v) is 11.7. The Kier molecular flexibility index (Phi) is 7.83. The van der Waals surface area contributed by atoms with Gasteiger partial charge in [-0.05, 0) is 79.4 Å². The van der Waals surface area contributed by atoms with Crippen LogP contribution in [-0.2, 0) is 0 Å². The molecule has 0 unspecified atom stereocenters. The number of aromatic nitrogens is 2. The lowest BCUT2D eigenvalue weighted by molar-refractivity contribution is 0.362. The van der Waals surface area contributed by atoms with Gasteiger partial charge in [-0.2, -0.15) is 5.26 Å². The second kappa shape index (κ2) is 10.1. The van der Waals surface area contributed by atoms with Crippen molar-refractivity contribution in [2.24, 2.45) is 5.92 Å². The molecule has 5 nitrogen and oxygen atoms in total. The molecule has 180 valence electrons. The third-order valence-electron chi connectivity index (χ3n) is 6.67. The van der Waals surface area contributed by atoms with Crippen molar-refractivity contribution in [2.45, 2.75) is 58.3 Å². The minimum atomic E-state index is -2.42. The summed E-state index contributed by atoms with van der Waals surface area (Å²) in [5.74, 6) is -0.204. The van der Waals surface area contributed by atoms with Crippen molar-refractivity contribution in [1.82, 2.24) is 10.2 Å². The van der Waals surface area contributed by atoms with Gasteiger partial charge in [0.25, 0.3) is 0 Å². The number of rotatable bonds is 8. The summed E-state index contributed by atoms with van der Waals surface area (Å²) < 4.78 is 13.4. The monoisotopic (exact) mass is 516 g/mol. The number of halogens is 2. The Bertz CT molecular complexity index is 1200. The van der Waals surface area contributed by atoms with Crippen molar-refractivity contribution >= 4 is 36.9 Å². The fraction of sp³-hybridized carbons (Fsp3) is 0.400. The highest BCUT2D eigenvalue weighted by molar-refractivity contribution is 7.14. The molecule has 0 saturated carbocycles. The van der Waals surface area contributed by atoms with E-state index in [1.54, 1.807) is 18.2 Å². The van der Waals surface area contributed by atoms with Crippen molar-refractivity contribution < 1.29 is 9.19 Å². The van der Waals surface area contributed by atoms with Crippen LogP contribution < -0.4 is 5.32 Å². The van der Waals surface area contributed by atoms with Gasteiger partial charge in [-0.25, -0.2) is 4.39 Å². The van der Waals surface area contributed by atoms with Gasteiger partial charge in [0.15, 0.2) is 8.32 Å². The Morgan fingerprint density at radius 3 is 2.44 bits per heavy atom. The molecule has 2 N–H and O–H groups in total. The van der Waals surface area contributed by atoms with Crippen LogP contribution >= 0.6 is 22.9 Å². The van der Waals surface area contributed by atoms with Gasteiger partial charge in [0.2, 0.25) is 0 Å². The normalized spacial score (nSPS) is 13.9. The molecule has 0 radical (unpaired) electrons. The van der Waals surface area contributed by atoms with Crippen molar-refractivity contribution in [3.05, 3.63) is 63.4 Å². The molecular weight excluding hydrogens is 487 g/mol. The van der Waals surface area contributed by atoms with Crippen LogP contribution in [-0.4, -0.2) is 23.3 Å². The molecule has 3 rings (SSSR count). The summed E-state index contributed by atoms with van der Waals surface area (Å²) in [6.45, 7) is 12.2. The molecule has 2 aromatic carbocycles. The van der Waals surface area contributed by atoms with Gasteiger partial charge in [-0.3, -0.25) is 0 Å². The molecule has 0 aliphatic rings. The first-order chi connectivity index (χ1) is 15.8. The fourth-order valence-corrected chi connectivity index (χ4v) is 5.85. The Balaban J connectivity index is 2.00.